The number of benzene rings is 1. The van der Waals surface area contributed by atoms with Crippen LogP contribution < -0.4 is 4.74 Å². The molecule has 2 aromatic rings. The number of carbonyl (C=O) groups is 1. The van der Waals surface area contributed by atoms with Crippen molar-refractivity contribution in [2.75, 3.05) is 26.3 Å². The first-order valence-corrected chi connectivity index (χ1v) is 7.73. The Hall–Kier alpha value is -2.41. The number of H-pyrrole nitrogens is 1. The number of nitrogens with one attached hydrogen (secondary N) is 1. The number of amides is 1. The molecule has 0 radical (unpaired) electrons. The van der Waals surface area contributed by atoms with Crippen molar-refractivity contribution in [2.45, 2.75) is 18.9 Å². The number of rotatable bonds is 2. The Morgan fingerprint density at radius 1 is 1.39 bits per heavy atom. The van der Waals surface area contributed by atoms with E-state index in [1.165, 1.54) is 0 Å². The van der Waals surface area contributed by atoms with Gasteiger partial charge in [0.1, 0.15) is 30.2 Å². The molecular weight excluding hydrogens is 296 g/mol. The van der Waals surface area contributed by atoms with Crippen LogP contribution in [0.15, 0.2) is 24.3 Å². The third-order valence-electron chi connectivity index (χ3n) is 4.28. The van der Waals surface area contributed by atoms with Crippen molar-refractivity contribution in [2.24, 2.45) is 0 Å². The van der Waals surface area contributed by atoms with Gasteiger partial charge in [0, 0.05) is 12.1 Å². The van der Waals surface area contributed by atoms with Crippen LogP contribution in [-0.2, 0) is 9.53 Å². The molecule has 0 unspecified atom stereocenters. The van der Waals surface area contributed by atoms with Crippen molar-refractivity contribution < 1.29 is 14.3 Å². The number of fused-ring (bicyclic) bond motifs is 1. The highest BCUT2D eigenvalue weighted by Gasteiger charge is 2.36. The predicted octanol–water partition coefficient (Wildman–Crippen LogP) is 1.19. The molecule has 0 saturated carbocycles. The van der Waals surface area contributed by atoms with Gasteiger partial charge in [-0.1, -0.05) is 18.2 Å². The van der Waals surface area contributed by atoms with Crippen molar-refractivity contribution in [3.05, 3.63) is 41.5 Å². The molecule has 23 heavy (non-hydrogen) atoms. The molecule has 1 fully saturated rings. The van der Waals surface area contributed by atoms with E-state index in [4.69, 9.17) is 9.47 Å². The second-order valence-electron chi connectivity index (χ2n) is 5.82. The summed E-state index contributed by atoms with van der Waals surface area (Å²) >= 11 is 0. The van der Waals surface area contributed by atoms with Crippen molar-refractivity contribution >= 4 is 5.91 Å². The van der Waals surface area contributed by atoms with E-state index in [1.807, 2.05) is 36.1 Å². The average Bonchev–Trinajstić information content (AvgIpc) is 3.20. The molecule has 4 rings (SSSR count). The first-order valence-electron chi connectivity index (χ1n) is 7.73. The van der Waals surface area contributed by atoms with Crippen LogP contribution in [0.5, 0.6) is 5.75 Å². The lowest BCUT2D eigenvalue weighted by Gasteiger charge is -2.33. The fourth-order valence-corrected chi connectivity index (χ4v) is 3.10. The Kier molecular flexibility index (Phi) is 3.49. The van der Waals surface area contributed by atoms with Crippen LogP contribution in [0.2, 0.25) is 0 Å². The second-order valence-corrected chi connectivity index (χ2v) is 5.82. The minimum Gasteiger partial charge on any atom is -0.492 e. The molecule has 1 N–H and O–H groups in total. The van der Waals surface area contributed by atoms with E-state index < -0.39 is 0 Å². The molecule has 0 aliphatic carbocycles. The molecular formula is C16H18N4O3. The highest BCUT2D eigenvalue weighted by molar-refractivity contribution is 5.85. The summed E-state index contributed by atoms with van der Waals surface area (Å²) in [7, 11) is 0. The molecule has 1 saturated heterocycles. The second kappa shape index (κ2) is 5.66. The van der Waals surface area contributed by atoms with Gasteiger partial charge in [-0.15, -0.1) is 0 Å². The number of para-hydroxylation sites is 1. The summed E-state index contributed by atoms with van der Waals surface area (Å²) in [6.07, 6.45) is -0.282. The number of nitrogens with zero attached hydrogens (tertiary/aromatic N) is 3. The zero-order valence-corrected chi connectivity index (χ0v) is 12.9. The van der Waals surface area contributed by atoms with E-state index in [2.05, 4.69) is 15.2 Å². The number of aryl methyl sites for hydroxylation is 1. The summed E-state index contributed by atoms with van der Waals surface area (Å²) in [5.74, 6) is 1.99. The maximum absolute atomic E-state index is 12.9. The van der Waals surface area contributed by atoms with Crippen LogP contribution in [0.1, 0.15) is 29.2 Å². The maximum Gasteiger partial charge on any atom is 0.233 e. The molecule has 2 aliphatic rings. The van der Waals surface area contributed by atoms with Gasteiger partial charge in [-0.2, -0.15) is 5.10 Å². The van der Waals surface area contributed by atoms with Crippen molar-refractivity contribution in [1.82, 2.24) is 20.1 Å². The largest absolute Gasteiger partial charge is 0.492 e. The quantitative estimate of drug-likeness (QED) is 0.900. The first-order chi connectivity index (χ1) is 11.2. The number of aromatic nitrogens is 3. The molecule has 2 atom stereocenters. The molecule has 1 aromatic heterocycles. The topological polar surface area (TPSA) is 80.3 Å². The van der Waals surface area contributed by atoms with Gasteiger partial charge in [-0.25, -0.2) is 4.98 Å². The Bertz CT molecular complexity index is 730. The summed E-state index contributed by atoms with van der Waals surface area (Å²) in [6, 6.07) is 7.72. The predicted molar refractivity (Wildman–Crippen MR) is 81.1 cm³/mol. The molecule has 3 heterocycles. The van der Waals surface area contributed by atoms with E-state index in [0.29, 0.717) is 32.1 Å². The zero-order valence-electron chi connectivity index (χ0n) is 12.9. The SMILES string of the molecule is Cc1nc([C@H]2CN(C(=O)[C@H]3COc4ccccc43)CCO2)n[nH]1. The zero-order chi connectivity index (χ0) is 15.8. The van der Waals surface area contributed by atoms with Crippen LogP contribution in [0.3, 0.4) is 0 Å². The summed E-state index contributed by atoms with van der Waals surface area (Å²) in [5, 5.41) is 6.96. The lowest BCUT2D eigenvalue weighted by Crippen LogP contribution is -2.44. The van der Waals surface area contributed by atoms with E-state index >= 15 is 0 Å². The first kappa shape index (κ1) is 14.2. The lowest BCUT2D eigenvalue weighted by atomic mass is 9.99. The van der Waals surface area contributed by atoms with Crippen molar-refractivity contribution in [3.63, 3.8) is 0 Å². The number of hydrogen-bond donors (Lipinski definition) is 1. The normalized spacial score (nSPS) is 23.4. The molecule has 120 valence electrons. The maximum atomic E-state index is 12.9. The molecule has 1 amide bonds. The Labute approximate surface area is 133 Å². The highest BCUT2D eigenvalue weighted by Crippen LogP contribution is 2.35. The van der Waals surface area contributed by atoms with Gasteiger partial charge in [0.25, 0.3) is 0 Å². The van der Waals surface area contributed by atoms with Gasteiger partial charge >= 0.3 is 0 Å². The minimum atomic E-state index is -0.282. The van der Waals surface area contributed by atoms with E-state index in [-0.39, 0.29) is 17.9 Å². The van der Waals surface area contributed by atoms with Crippen LogP contribution in [-0.4, -0.2) is 52.3 Å². The molecule has 7 heteroatoms. The monoisotopic (exact) mass is 314 g/mol. The number of aromatic amines is 1. The summed E-state index contributed by atoms with van der Waals surface area (Å²) in [4.78, 5) is 19.0. The third kappa shape index (κ3) is 2.57. The number of hydrogen-bond acceptors (Lipinski definition) is 5. The number of morpholine rings is 1. The summed E-state index contributed by atoms with van der Waals surface area (Å²) < 4.78 is 11.3. The smallest absolute Gasteiger partial charge is 0.233 e. The molecule has 2 aliphatic heterocycles. The fraction of sp³-hybridized carbons (Fsp3) is 0.438. The lowest BCUT2D eigenvalue weighted by molar-refractivity contribution is -0.141. The summed E-state index contributed by atoms with van der Waals surface area (Å²) in [5.41, 5.74) is 0.967. The van der Waals surface area contributed by atoms with Gasteiger partial charge < -0.3 is 14.4 Å². The van der Waals surface area contributed by atoms with Crippen molar-refractivity contribution in [3.8, 4) is 5.75 Å². The third-order valence-corrected chi connectivity index (χ3v) is 4.28. The molecule has 0 spiro atoms. The minimum absolute atomic E-state index is 0.0792. The molecule has 0 bridgehead atoms. The standard InChI is InChI=1S/C16H18N4O3/c1-10-17-15(19-18-10)14-8-20(6-7-22-14)16(21)12-9-23-13-5-3-2-4-11(12)13/h2-5,12,14H,6-9H2,1H3,(H,17,18,19)/t12-,14+/m0/s1. The van der Waals surface area contributed by atoms with Crippen molar-refractivity contribution in [1.29, 1.82) is 0 Å². The average molecular weight is 314 g/mol. The Morgan fingerprint density at radius 3 is 3.09 bits per heavy atom. The van der Waals surface area contributed by atoms with Gasteiger partial charge in [0.2, 0.25) is 5.91 Å². The highest BCUT2D eigenvalue weighted by atomic mass is 16.5. The molecule has 1 aromatic carbocycles. The number of carbonyl (C=O) groups excluding carboxylic acids is 1. The van der Waals surface area contributed by atoms with Crippen LogP contribution >= 0.6 is 0 Å². The number of ether oxygens (including phenoxy) is 2. The van der Waals surface area contributed by atoms with Gasteiger partial charge in [-0.05, 0) is 13.0 Å². The Balaban J connectivity index is 1.51. The van der Waals surface area contributed by atoms with Crippen LogP contribution in [0.4, 0.5) is 0 Å². The summed E-state index contributed by atoms with van der Waals surface area (Å²) in [6.45, 7) is 3.78. The fourth-order valence-electron chi connectivity index (χ4n) is 3.10. The Morgan fingerprint density at radius 2 is 2.26 bits per heavy atom. The van der Waals surface area contributed by atoms with Crippen LogP contribution in [0.25, 0.3) is 0 Å². The van der Waals surface area contributed by atoms with E-state index in [9.17, 15) is 4.79 Å². The van der Waals surface area contributed by atoms with Gasteiger partial charge in [0.15, 0.2) is 5.82 Å². The van der Waals surface area contributed by atoms with Gasteiger partial charge in [0.05, 0.1) is 13.2 Å². The van der Waals surface area contributed by atoms with E-state index in [0.717, 1.165) is 17.1 Å². The molecule has 7 nitrogen and oxygen atoms in total. The van der Waals surface area contributed by atoms with Gasteiger partial charge in [-0.3, -0.25) is 9.89 Å². The van der Waals surface area contributed by atoms with E-state index in [1.54, 1.807) is 0 Å². The van der Waals surface area contributed by atoms with Crippen LogP contribution in [0, 0.1) is 6.92 Å².